The van der Waals surface area contributed by atoms with Crippen LogP contribution in [0.15, 0.2) is 0 Å². The lowest BCUT2D eigenvalue weighted by Gasteiger charge is -2.16. The largest absolute Gasteiger partial charge is 0.383 e. The lowest BCUT2D eigenvalue weighted by atomic mass is 10.1. The Kier molecular flexibility index (Phi) is 11.9. The smallest absolute Gasteiger partial charge is 0.0615 e. The SMILES string of the molecule is CCCCCCCNC(CCC)COC. The molecule has 0 saturated heterocycles. The second kappa shape index (κ2) is 12.0. The topological polar surface area (TPSA) is 21.3 Å². The van der Waals surface area contributed by atoms with Crippen molar-refractivity contribution in [2.24, 2.45) is 0 Å². The third kappa shape index (κ3) is 10.2. The summed E-state index contributed by atoms with van der Waals surface area (Å²) in [6, 6.07) is 0.561. The molecule has 0 aromatic rings. The summed E-state index contributed by atoms with van der Waals surface area (Å²) in [6.45, 7) is 6.49. The number of rotatable bonds is 11. The molecule has 0 fully saturated rings. The zero-order valence-electron chi connectivity index (χ0n) is 10.8. The van der Waals surface area contributed by atoms with Crippen LogP contribution >= 0.6 is 0 Å². The summed E-state index contributed by atoms with van der Waals surface area (Å²) in [5, 5.41) is 3.57. The van der Waals surface area contributed by atoms with E-state index in [2.05, 4.69) is 19.2 Å². The van der Waals surface area contributed by atoms with Gasteiger partial charge in [-0.3, -0.25) is 0 Å². The van der Waals surface area contributed by atoms with Crippen LogP contribution in [0.4, 0.5) is 0 Å². The summed E-state index contributed by atoms with van der Waals surface area (Å²) in [4.78, 5) is 0. The molecule has 15 heavy (non-hydrogen) atoms. The van der Waals surface area contributed by atoms with Crippen LogP contribution < -0.4 is 5.32 Å². The van der Waals surface area contributed by atoms with E-state index in [0.717, 1.165) is 13.2 Å². The molecule has 1 unspecified atom stereocenters. The van der Waals surface area contributed by atoms with Gasteiger partial charge in [-0.1, -0.05) is 46.0 Å². The molecule has 0 bridgehead atoms. The quantitative estimate of drug-likeness (QED) is 0.534. The van der Waals surface area contributed by atoms with Crippen LogP contribution in [-0.4, -0.2) is 26.3 Å². The molecule has 0 rings (SSSR count). The van der Waals surface area contributed by atoms with Gasteiger partial charge in [-0.2, -0.15) is 0 Å². The molecule has 1 N–H and O–H groups in total. The molecule has 1 atom stereocenters. The number of hydrogen-bond acceptors (Lipinski definition) is 2. The number of nitrogens with one attached hydrogen (secondary N) is 1. The molecule has 2 heteroatoms. The predicted molar refractivity (Wildman–Crippen MR) is 67.3 cm³/mol. The minimum absolute atomic E-state index is 0.561. The van der Waals surface area contributed by atoms with Gasteiger partial charge in [0.05, 0.1) is 6.61 Å². The fraction of sp³-hybridized carbons (Fsp3) is 1.00. The Balaban J connectivity index is 3.28. The van der Waals surface area contributed by atoms with Crippen LogP contribution in [0.5, 0.6) is 0 Å². The van der Waals surface area contributed by atoms with Crippen molar-refractivity contribution < 1.29 is 4.74 Å². The van der Waals surface area contributed by atoms with Gasteiger partial charge in [0.15, 0.2) is 0 Å². The van der Waals surface area contributed by atoms with Gasteiger partial charge < -0.3 is 10.1 Å². The maximum Gasteiger partial charge on any atom is 0.0615 e. The van der Waals surface area contributed by atoms with E-state index in [4.69, 9.17) is 4.74 Å². The van der Waals surface area contributed by atoms with Gasteiger partial charge in [0.2, 0.25) is 0 Å². The van der Waals surface area contributed by atoms with Crippen molar-refractivity contribution in [2.45, 2.75) is 64.8 Å². The molecule has 0 aliphatic carbocycles. The number of ether oxygens (including phenoxy) is 1. The second-order valence-electron chi connectivity index (χ2n) is 4.31. The highest BCUT2D eigenvalue weighted by Gasteiger charge is 2.04. The van der Waals surface area contributed by atoms with E-state index in [1.54, 1.807) is 7.11 Å². The average Bonchev–Trinajstić information content (AvgIpc) is 2.24. The summed E-state index contributed by atoms with van der Waals surface area (Å²) in [5.41, 5.74) is 0. The van der Waals surface area contributed by atoms with Gasteiger partial charge in [0.25, 0.3) is 0 Å². The van der Waals surface area contributed by atoms with E-state index in [-0.39, 0.29) is 0 Å². The van der Waals surface area contributed by atoms with Crippen molar-refractivity contribution in [1.82, 2.24) is 5.32 Å². The van der Waals surface area contributed by atoms with E-state index in [1.165, 1.54) is 44.9 Å². The molecule has 92 valence electrons. The minimum Gasteiger partial charge on any atom is -0.383 e. The summed E-state index contributed by atoms with van der Waals surface area (Å²) >= 11 is 0. The molecule has 0 aromatic heterocycles. The normalized spacial score (nSPS) is 13.0. The number of unbranched alkanes of at least 4 members (excludes halogenated alkanes) is 4. The van der Waals surface area contributed by atoms with E-state index in [0.29, 0.717) is 6.04 Å². The molecule has 0 saturated carbocycles. The molecule has 0 spiro atoms. The van der Waals surface area contributed by atoms with Crippen LogP contribution in [0.2, 0.25) is 0 Å². The summed E-state index contributed by atoms with van der Waals surface area (Å²) < 4.78 is 5.19. The second-order valence-corrected chi connectivity index (χ2v) is 4.31. The van der Waals surface area contributed by atoms with Gasteiger partial charge in [-0.15, -0.1) is 0 Å². The van der Waals surface area contributed by atoms with Crippen molar-refractivity contribution in [3.05, 3.63) is 0 Å². The number of methoxy groups -OCH3 is 1. The van der Waals surface area contributed by atoms with E-state index >= 15 is 0 Å². The molecule has 2 nitrogen and oxygen atoms in total. The zero-order chi connectivity index (χ0) is 11.4. The summed E-state index contributed by atoms with van der Waals surface area (Å²) in [7, 11) is 1.78. The molecular formula is C13H29NO. The highest BCUT2D eigenvalue weighted by atomic mass is 16.5. The van der Waals surface area contributed by atoms with E-state index < -0.39 is 0 Å². The third-order valence-electron chi connectivity index (χ3n) is 2.72. The molecule has 0 aliphatic rings. The van der Waals surface area contributed by atoms with Gasteiger partial charge in [0, 0.05) is 13.2 Å². The average molecular weight is 215 g/mol. The van der Waals surface area contributed by atoms with Crippen molar-refractivity contribution in [3.63, 3.8) is 0 Å². The third-order valence-corrected chi connectivity index (χ3v) is 2.72. The first-order valence-electron chi connectivity index (χ1n) is 6.57. The lowest BCUT2D eigenvalue weighted by molar-refractivity contribution is 0.162. The van der Waals surface area contributed by atoms with Crippen molar-refractivity contribution in [3.8, 4) is 0 Å². The summed E-state index contributed by atoms with van der Waals surface area (Å²) in [5.74, 6) is 0. The molecule has 0 radical (unpaired) electrons. The maximum atomic E-state index is 5.19. The van der Waals surface area contributed by atoms with E-state index in [1.807, 2.05) is 0 Å². The fourth-order valence-corrected chi connectivity index (χ4v) is 1.83. The minimum atomic E-state index is 0.561. The first-order chi connectivity index (χ1) is 7.35. The van der Waals surface area contributed by atoms with Crippen LogP contribution in [0.1, 0.15) is 58.8 Å². The Hall–Kier alpha value is -0.0800. The highest BCUT2D eigenvalue weighted by molar-refractivity contribution is 4.65. The van der Waals surface area contributed by atoms with Crippen molar-refractivity contribution in [1.29, 1.82) is 0 Å². The molecular weight excluding hydrogens is 186 g/mol. The molecule has 0 amide bonds. The first kappa shape index (κ1) is 14.9. The van der Waals surface area contributed by atoms with Crippen molar-refractivity contribution in [2.75, 3.05) is 20.3 Å². The van der Waals surface area contributed by atoms with Gasteiger partial charge >= 0.3 is 0 Å². The fourth-order valence-electron chi connectivity index (χ4n) is 1.83. The number of hydrogen-bond donors (Lipinski definition) is 1. The van der Waals surface area contributed by atoms with Gasteiger partial charge in [-0.25, -0.2) is 0 Å². The van der Waals surface area contributed by atoms with Crippen LogP contribution in [0, 0.1) is 0 Å². The highest BCUT2D eigenvalue weighted by Crippen LogP contribution is 2.02. The Morgan fingerprint density at radius 2 is 1.73 bits per heavy atom. The van der Waals surface area contributed by atoms with Crippen LogP contribution in [0.25, 0.3) is 0 Å². The first-order valence-corrected chi connectivity index (χ1v) is 6.57. The molecule has 0 aliphatic heterocycles. The van der Waals surface area contributed by atoms with Crippen LogP contribution in [0.3, 0.4) is 0 Å². The van der Waals surface area contributed by atoms with Crippen molar-refractivity contribution >= 4 is 0 Å². The predicted octanol–water partition coefficient (Wildman–Crippen LogP) is 3.36. The van der Waals surface area contributed by atoms with E-state index in [9.17, 15) is 0 Å². The zero-order valence-corrected chi connectivity index (χ0v) is 10.8. The Morgan fingerprint density at radius 3 is 2.33 bits per heavy atom. The maximum absolute atomic E-state index is 5.19. The lowest BCUT2D eigenvalue weighted by Crippen LogP contribution is -2.33. The molecule has 0 heterocycles. The Labute approximate surface area is 95.8 Å². The Morgan fingerprint density at radius 1 is 1.00 bits per heavy atom. The summed E-state index contributed by atoms with van der Waals surface area (Å²) in [6.07, 6.45) is 9.24. The van der Waals surface area contributed by atoms with Gasteiger partial charge in [0.1, 0.15) is 0 Å². The van der Waals surface area contributed by atoms with Gasteiger partial charge in [-0.05, 0) is 19.4 Å². The standard InChI is InChI=1S/C13H29NO/c1-4-6-7-8-9-11-14-13(10-5-2)12-15-3/h13-14H,4-12H2,1-3H3. The van der Waals surface area contributed by atoms with Crippen LogP contribution in [-0.2, 0) is 4.74 Å². The molecule has 0 aromatic carbocycles. The monoisotopic (exact) mass is 215 g/mol. The Bertz CT molecular complexity index is 111.